The maximum atomic E-state index is 13.6. The van der Waals surface area contributed by atoms with Crippen molar-refractivity contribution in [1.29, 1.82) is 0 Å². The maximum absolute atomic E-state index is 13.6. The van der Waals surface area contributed by atoms with E-state index in [1.807, 2.05) is 0 Å². The molecule has 2 bridgehead atoms. The van der Waals surface area contributed by atoms with E-state index in [1.165, 1.54) is 33.0 Å². The second kappa shape index (κ2) is 7.77. The van der Waals surface area contributed by atoms with Crippen LogP contribution in [0, 0.1) is 5.41 Å². The molecule has 0 saturated heterocycles. The number of nitrogens with one attached hydrogen (secondary N) is 2. The van der Waals surface area contributed by atoms with Gasteiger partial charge in [-0.25, -0.2) is 0 Å². The standard InChI is InChI=1S/C30H28N2O/c1-30(29(33)32-18-17-31-27-16-8-10-20-9-2-3-11-21(20)27)19-26-22-12-4-6-14-24(22)28(30)25-15-7-5-13-23(25)26/h2-16,26,28,31H,17-19H2,1H3,(H,32,33). The Labute approximate surface area is 194 Å². The number of carbonyl (C=O) groups is 1. The third-order valence-corrected chi connectivity index (χ3v) is 7.66. The highest BCUT2D eigenvalue weighted by Gasteiger charge is 2.53. The fourth-order valence-corrected chi connectivity index (χ4v) is 6.14. The first-order valence-electron chi connectivity index (χ1n) is 11.8. The Hall–Kier alpha value is -3.59. The highest BCUT2D eigenvalue weighted by atomic mass is 16.2. The Kier molecular flexibility index (Phi) is 4.72. The molecule has 3 aliphatic carbocycles. The Balaban J connectivity index is 1.20. The summed E-state index contributed by atoms with van der Waals surface area (Å²) in [5, 5.41) is 9.19. The summed E-state index contributed by atoms with van der Waals surface area (Å²) in [5.41, 5.74) is 6.08. The molecule has 1 unspecified atom stereocenters. The number of fused-ring (bicyclic) bond motifs is 2. The van der Waals surface area contributed by atoms with E-state index in [2.05, 4.69) is 109 Å². The van der Waals surface area contributed by atoms with E-state index in [0.29, 0.717) is 13.1 Å². The average Bonchev–Trinajstić information content (AvgIpc) is 2.86. The van der Waals surface area contributed by atoms with Gasteiger partial charge in [0, 0.05) is 36.0 Å². The van der Waals surface area contributed by atoms with Crippen molar-refractivity contribution in [2.45, 2.75) is 25.2 Å². The first-order chi connectivity index (χ1) is 16.2. The summed E-state index contributed by atoms with van der Waals surface area (Å²) >= 11 is 0. The second-order valence-electron chi connectivity index (χ2n) is 9.57. The summed E-state index contributed by atoms with van der Waals surface area (Å²) in [6, 6.07) is 32.0. The first-order valence-corrected chi connectivity index (χ1v) is 11.8. The fourth-order valence-electron chi connectivity index (χ4n) is 6.14. The summed E-state index contributed by atoms with van der Waals surface area (Å²) < 4.78 is 0. The van der Waals surface area contributed by atoms with Gasteiger partial charge >= 0.3 is 0 Å². The normalized spacial score (nSPS) is 22.5. The Morgan fingerprint density at radius 1 is 0.788 bits per heavy atom. The van der Waals surface area contributed by atoms with Gasteiger partial charge in [0.1, 0.15) is 0 Å². The molecule has 164 valence electrons. The van der Waals surface area contributed by atoms with Crippen molar-refractivity contribution >= 4 is 22.4 Å². The van der Waals surface area contributed by atoms with Crippen molar-refractivity contribution in [2.75, 3.05) is 18.4 Å². The van der Waals surface area contributed by atoms with E-state index in [9.17, 15) is 4.79 Å². The van der Waals surface area contributed by atoms with E-state index in [1.54, 1.807) is 0 Å². The van der Waals surface area contributed by atoms with E-state index in [-0.39, 0.29) is 17.7 Å². The average molecular weight is 433 g/mol. The molecule has 33 heavy (non-hydrogen) atoms. The molecule has 1 amide bonds. The van der Waals surface area contributed by atoms with Crippen molar-refractivity contribution in [2.24, 2.45) is 5.41 Å². The third kappa shape index (κ3) is 3.14. The molecule has 0 fully saturated rings. The molecule has 3 heteroatoms. The van der Waals surface area contributed by atoms with Crippen LogP contribution in [0.2, 0.25) is 0 Å². The first kappa shape index (κ1) is 20.0. The number of carbonyl (C=O) groups excluding carboxylic acids is 1. The topological polar surface area (TPSA) is 41.1 Å². The van der Waals surface area contributed by atoms with E-state index in [4.69, 9.17) is 0 Å². The lowest BCUT2D eigenvalue weighted by atomic mass is 9.52. The Morgan fingerprint density at radius 3 is 2.12 bits per heavy atom. The molecule has 0 spiro atoms. The van der Waals surface area contributed by atoms with Crippen molar-refractivity contribution in [3.8, 4) is 0 Å². The van der Waals surface area contributed by atoms with Gasteiger partial charge in [0.25, 0.3) is 0 Å². The molecule has 2 N–H and O–H groups in total. The lowest BCUT2D eigenvalue weighted by Gasteiger charge is -2.50. The van der Waals surface area contributed by atoms with Crippen LogP contribution in [0.5, 0.6) is 0 Å². The van der Waals surface area contributed by atoms with Crippen molar-refractivity contribution in [3.63, 3.8) is 0 Å². The number of benzene rings is 4. The van der Waals surface area contributed by atoms with Crippen LogP contribution in [0.3, 0.4) is 0 Å². The fraction of sp³-hybridized carbons (Fsp3) is 0.233. The number of hydrogen-bond donors (Lipinski definition) is 2. The number of amides is 1. The molecule has 1 atom stereocenters. The highest BCUT2D eigenvalue weighted by Crippen LogP contribution is 2.60. The quantitative estimate of drug-likeness (QED) is 0.377. The molecule has 0 saturated carbocycles. The summed E-state index contributed by atoms with van der Waals surface area (Å²) in [7, 11) is 0. The van der Waals surface area contributed by atoms with Crippen LogP contribution in [0.25, 0.3) is 10.8 Å². The molecular weight excluding hydrogens is 404 g/mol. The van der Waals surface area contributed by atoms with Gasteiger partial charge in [-0.1, -0.05) is 84.9 Å². The van der Waals surface area contributed by atoms with Crippen LogP contribution < -0.4 is 10.6 Å². The molecule has 3 aliphatic rings. The molecular formula is C30H28N2O. The molecule has 0 heterocycles. The van der Waals surface area contributed by atoms with Crippen LogP contribution in [0.15, 0.2) is 91.0 Å². The number of rotatable bonds is 5. The summed E-state index contributed by atoms with van der Waals surface area (Å²) in [5.74, 6) is 0.536. The molecule has 4 aromatic rings. The summed E-state index contributed by atoms with van der Waals surface area (Å²) in [6.45, 7) is 3.44. The lowest BCUT2D eigenvalue weighted by Crippen LogP contribution is -2.50. The lowest BCUT2D eigenvalue weighted by molar-refractivity contribution is -0.132. The van der Waals surface area contributed by atoms with Crippen molar-refractivity contribution in [1.82, 2.24) is 5.32 Å². The minimum atomic E-state index is -0.452. The monoisotopic (exact) mass is 432 g/mol. The van der Waals surface area contributed by atoms with Crippen LogP contribution >= 0.6 is 0 Å². The summed E-state index contributed by atoms with van der Waals surface area (Å²) in [4.78, 5) is 13.6. The summed E-state index contributed by atoms with van der Waals surface area (Å²) in [6.07, 6.45) is 0.855. The minimum Gasteiger partial charge on any atom is -0.383 e. The van der Waals surface area contributed by atoms with Gasteiger partial charge in [-0.2, -0.15) is 0 Å². The van der Waals surface area contributed by atoms with Gasteiger partial charge in [-0.05, 0) is 47.1 Å². The van der Waals surface area contributed by atoms with Crippen LogP contribution in [-0.4, -0.2) is 19.0 Å². The zero-order valence-electron chi connectivity index (χ0n) is 18.8. The van der Waals surface area contributed by atoms with Crippen molar-refractivity contribution in [3.05, 3.63) is 113 Å². The van der Waals surface area contributed by atoms with E-state index >= 15 is 0 Å². The Morgan fingerprint density at radius 2 is 1.39 bits per heavy atom. The van der Waals surface area contributed by atoms with Crippen LogP contribution in [0.4, 0.5) is 5.69 Å². The third-order valence-electron chi connectivity index (χ3n) is 7.66. The van der Waals surface area contributed by atoms with E-state index < -0.39 is 5.41 Å². The molecule has 4 aromatic carbocycles. The predicted octanol–water partition coefficient (Wildman–Crippen LogP) is 6.06. The van der Waals surface area contributed by atoms with Gasteiger partial charge in [-0.15, -0.1) is 0 Å². The largest absolute Gasteiger partial charge is 0.383 e. The van der Waals surface area contributed by atoms with Gasteiger partial charge in [-0.3, -0.25) is 4.79 Å². The Bertz CT molecular complexity index is 1310. The second-order valence-corrected chi connectivity index (χ2v) is 9.57. The molecule has 0 radical (unpaired) electrons. The maximum Gasteiger partial charge on any atom is 0.226 e. The molecule has 0 aromatic heterocycles. The zero-order chi connectivity index (χ0) is 22.4. The molecule has 7 rings (SSSR count). The minimum absolute atomic E-state index is 0.0981. The molecule has 0 aliphatic heterocycles. The van der Waals surface area contributed by atoms with Gasteiger partial charge in [0.15, 0.2) is 0 Å². The van der Waals surface area contributed by atoms with Gasteiger partial charge < -0.3 is 10.6 Å². The number of hydrogen-bond acceptors (Lipinski definition) is 2. The van der Waals surface area contributed by atoms with Crippen molar-refractivity contribution < 1.29 is 4.79 Å². The number of anilines is 1. The highest BCUT2D eigenvalue weighted by molar-refractivity contribution is 5.93. The smallest absolute Gasteiger partial charge is 0.226 e. The van der Waals surface area contributed by atoms with Crippen LogP contribution in [-0.2, 0) is 4.79 Å². The SMILES string of the molecule is CC1(C(=O)NCCNc2cccc3ccccc23)CC2c3ccccc3C1c1ccccc12. The van der Waals surface area contributed by atoms with Crippen LogP contribution in [0.1, 0.15) is 47.4 Å². The van der Waals surface area contributed by atoms with E-state index in [0.717, 1.165) is 12.1 Å². The van der Waals surface area contributed by atoms with Gasteiger partial charge in [0.2, 0.25) is 5.91 Å². The zero-order valence-corrected chi connectivity index (χ0v) is 18.8. The molecule has 3 nitrogen and oxygen atoms in total. The van der Waals surface area contributed by atoms with Gasteiger partial charge in [0.05, 0.1) is 5.41 Å². The predicted molar refractivity (Wildman–Crippen MR) is 135 cm³/mol.